The van der Waals surface area contributed by atoms with Gasteiger partial charge in [0, 0.05) is 17.4 Å². The summed E-state index contributed by atoms with van der Waals surface area (Å²) in [7, 11) is 0. The van der Waals surface area contributed by atoms with Gasteiger partial charge in [0.15, 0.2) is 0 Å². The molecule has 3 heteroatoms. The Kier molecular flexibility index (Phi) is 3.65. The van der Waals surface area contributed by atoms with Crippen LogP contribution in [0.4, 0.5) is 0 Å². The summed E-state index contributed by atoms with van der Waals surface area (Å²) in [6.07, 6.45) is 10.7. The number of alkyl halides is 1. The highest BCUT2D eigenvalue weighted by atomic mass is 35.5. The van der Waals surface area contributed by atoms with E-state index in [1.54, 1.807) is 0 Å². The largest absolute Gasteiger partial charge is 0.376 e. The lowest BCUT2D eigenvalue weighted by molar-refractivity contribution is -0.138. The van der Waals surface area contributed by atoms with E-state index < -0.39 is 0 Å². The maximum Gasteiger partial charge on any atom is 0.0808 e. The molecular weight excluding hydrogens is 236 g/mol. The smallest absolute Gasteiger partial charge is 0.0808 e. The number of rotatable bonds is 3. The topological polar surface area (TPSA) is 18.5 Å². The maximum absolute atomic E-state index is 6.42. The van der Waals surface area contributed by atoms with E-state index in [-0.39, 0.29) is 0 Å². The SMILES string of the molecule is ClC1CC(OCC2CCCCO2)C12CCCC2. The summed E-state index contributed by atoms with van der Waals surface area (Å²) in [4.78, 5) is 0. The molecule has 2 nitrogen and oxygen atoms in total. The minimum Gasteiger partial charge on any atom is -0.376 e. The Morgan fingerprint density at radius 1 is 1.18 bits per heavy atom. The van der Waals surface area contributed by atoms with Gasteiger partial charge in [0.25, 0.3) is 0 Å². The van der Waals surface area contributed by atoms with Crippen LogP contribution in [0.15, 0.2) is 0 Å². The van der Waals surface area contributed by atoms with Crippen LogP contribution in [0.1, 0.15) is 51.4 Å². The first kappa shape index (κ1) is 12.3. The van der Waals surface area contributed by atoms with Gasteiger partial charge in [-0.1, -0.05) is 12.8 Å². The molecule has 17 heavy (non-hydrogen) atoms. The van der Waals surface area contributed by atoms with Gasteiger partial charge in [-0.15, -0.1) is 11.6 Å². The second-order valence-electron chi connectivity index (χ2n) is 5.95. The van der Waals surface area contributed by atoms with Crippen molar-refractivity contribution in [1.82, 2.24) is 0 Å². The number of ether oxygens (including phenoxy) is 2. The Morgan fingerprint density at radius 3 is 2.65 bits per heavy atom. The Hall–Kier alpha value is 0.210. The van der Waals surface area contributed by atoms with Crippen molar-refractivity contribution in [1.29, 1.82) is 0 Å². The van der Waals surface area contributed by atoms with E-state index in [4.69, 9.17) is 21.1 Å². The first-order valence-corrected chi connectivity index (χ1v) is 7.62. The second kappa shape index (κ2) is 5.07. The van der Waals surface area contributed by atoms with Crippen LogP contribution in [0.2, 0.25) is 0 Å². The lowest BCUT2D eigenvalue weighted by Gasteiger charge is -2.51. The molecule has 1 aliphatic heterocycles. The number of hydrogen-bond donors (Lipinski definition) is 0. The molecule has 0 amide bonds. The van der Waals surface area contributed by atoms with Crippen LogP contribution in [0.5, 0.6) is 0 Å². The van der Waals surface area contributed by atoms with Crippen LogP contribution >= 0.6 is 11.6 Å². The fraction of sp³-hybridized carbons (Fsp3) is 1.00. The molecule has 3 atom stereocenters. The summed E-state index contributed by atoms with van der Waals surface area (Å²) in [6, 6.07) is 0. The van der Waals surface area contributed by atoms with Gasteiger partial charge in [0.2, 0.25) is 0 Å². The summed E-state index contributed by atoms with van der Waals surface area (Å²) in [6.45, 7) is 1.71. The van der Waals surface area contributed by atoms with E-state index >= 15 is 0 Å². The fourth-order valence-electron chi connectivity index (χ4n) is 3.76. The van der Waals surface area contributed by atoms with Gasteiger partial charge in [-0.3, -0.25) is 0 Å². The molecule has 0 bridgehead atoms. The van der Waals surface area contributed by atoms with Crippen LogP contribution in [0, 0.1) is 5.41 Å². The third-order valence-corrected chi connectivity index (χ3v) is 5.59. The molecule has 0 N–H and O–H groups in total. The van der Waals surface area contributed by atoms with E-state index in [9.17, 15) is 0 Å². The molecule has 0 aromatic carbocycles. The molecule has 3 aliphatic rings. The zero-order valence-electron chi connectivity index (χ0n) is 10.5. The third-order valence-electron chi connectivity index (χ3n) is 4.98. The van der Waals surface area contributed by atoms with Gasteiger partial charge in [-0.2, -0.15) is 0 Å². The van der Waals surface area contributed by atoms with Gasteiger partial charge < -0.3 is 9.47 Å². The minimum absolute atomic E-state index is 0.330. The number of halogens is 1. The highest BCUT2D eigenvalue weighted by Crippen LogP contribution is 2.57. The van der Waals surface area contributed by atoms with E-state index in [0.29, 0.717) is 23.0 Å². The minimum atomic E-state index is 0.330. The second-order valence-corrected chi connectivity index (χ2v) is 6.48. The van der Waals surface area contributed by atoms with E-state index in [2.05, 4.69) is 0 Å². The average molecular weight is 259 g/mol. The molecule has 3 rings (SSSR count). The van der Waals surface area contributed by atoms with E-state index in [0.717, 1.165) is 19.6 Å². The summed E-state index contributed by atoms with van der Waals surface area (Å²) >= 11 is 6.42. The highest BCUT2D eigenvalue weighted by Gasteiger charge is 2.56. The molecule has 98 valence electrons. The molecule has 1 heterocycles. The fourth-order valence-corrected chi connectivity index (χ4v) is 4.28. The predicted molar refractivity (Wildman–Crippen MR) is 68.5 cm³/mol. The third kappa shape index (κ3) is 2.24. The van der Waals surface area contributed by atoms with E-state index in [1.807, 2.05) is 0 Å². The molecular formula is C14H23ClO2. The van der Waals surface area contributed by atoms with Crippen molar-refractivity contribution in [3.63, 3.8) is 0 Å². The summed E-state index contributed by atoms with van der Waals surface area (Å²) < 4.78 is 11.8. The molecule has 3 unspecified atom stereocenters. The maximum atomic E-state index is 6.42. The lowest BCUT2D eigenvalue weighted by Crippen LogP contribution is -2.54. The van der Waals surface area contributed by atoms with Gasteiger partial charge in [-0.25, -0.2) is 0 Å². The molecule has 2 aliphatic carbocycles. The summed E-state index contributed by atoms with van der Waals surface area (Å²) in [5.74, 6) is 0. The quantitative estimate of drug-likeness (QED) is 0.722. The van der Waals surface area contributed by atoms with Crippen molar-refractivity contribution in [2.75, 3.05) is 13.2 Å². The van der Waals surface area contributed by atoms with Gasteiger partial charge in [0.1, 0.15) is 0 Å². The molecule has 0 radical (unpaired) electrons. The van der Waals surface area contributed by atoms with Crippen LogP contribution in [0.3, 0.4) is 0 Å². The van der Waals surface area contributed by atoms with Crippen LogP contribution in [-0.2, 0) is 9.47 Å². The van der Waals surface area contributed by atoms with Crippen molar-refractivity contribution < 1.29 is 9.47 Å². The average Bonchev–Trinajstić information content (AvgIpc) is 2.88. The molecule has 0 aromatic heterocycles. The summed E-state index contributed by atoms with van der Waals surface area (Å²) in [5, 5.41) is 0.363. The van der Waals surface area contributed by atoms with Crippen LogP contribution < -0.4 is 0 Å². The number of hydrogen-bond acceptors (Lipinski definition) is 2. The van der Waals surface area contributed by atoms with Crippen LogP contribution in [-0.4, -0.2) is 30.8 Å². The molecule has 3 fully saturated rings. The van der Waals surface area contributed by atoms with Crippen molar-refractivity contribution in [3.05, 3.63) is 0 Å². The Morgan fingerprint density at radius 2 is 2.00 bits per heavy atom. The first-order valence-electron chi connectivity index (χ1n) is 7.18. The predicted octanol–water partition coefficient (Wildman–Crippen LogP) is 3.51. The molecule has 0 aromatic rings. The Labute approximate surface area is 109 Å². The Bertz CT molecular complexity index is 257. The van der Waals surface area contributed by atoms with Gasteiger partial charge in [0.05, 0.1) is 18.8 Å². The molecule has 1 saturated heterocycles. The zero-order valence-corrected chi connectivity index (χ0v) is 11.3. The Balaban J connectivity index is 1.49. The van der Waals surface area contributed by atoms with Crippen molar-refractivity contribution >= 4 is 11.6 Å². The highest BCUT2D eigenvalue weighted by molar-refractivity contribution is 6.21. The van der Waals surface area contributed by atoms with Crippen LogP contribution in [0.25, 0.3) is 0 Å². The van der Waals surface area contributed by atoms with Gasteiger partial charge >= 0.3 is 0 Å². The zero-order chi connectivity index (χ0) is 11.7. The summed E-state index contributed by atoms with van der Waals surface area (Å²) in [5.41, 5.74) is 0.330. The standard InChI is InChI=1S/C14H23ClO2/c15-12-9-13(14(12)6-2-3-7-14)17-10-11-5-1-4-8-16-11/h11-13H,1-10H2. The normalized spacial score (nSPS) is 40.4. The molecule has 1 spiro atoms. The van der Waals surface area contributed by atoms with Crippen molar-refractivity contribution in [3.8, 4) is 0 Å². The first-order chi connectivity index (χ1) is 8.31. The monoisotopic (exact) mass is 258 g/mol. The van der Waals surface area contributed by atoms with Crippen molar-refractivity contribution in [2.24, 2.45) is 5.41 Å². The van der Waals surface area contributed by atoms with Crippen molar-refractivity contribution in [2.45, 2.75) is 69.0 Å². The van der Waals surface area contributed by atoms with Gasteiger partial charge in [-0.05, 0) is 38.5 Å². The van der Waals surface area contributed by atoms with E-state index in [1.165, 1.54) is 44.9 Å². The lowest BCUT2D eigenvalue weighted by atomic mass is 9.64. The molecule has 2 saturated carbocycles.